The van der Waals surface area contributed by atoms with Gasteiger partial charge in [-0.1, -0.05) is 31.9 Å². The monoisotopic (exact) mass is 356 g/mol. The number of ether oxygens (including phenoxy) is 2. The molecule has 1 rings (SSSR count). The number of halogens is 2. The second-order valence-corrected chi connectivity index (χ2v) is 6.07. The number of esters is 2. The smallest absolute Gasteiger partial charge is 0.303 e. The highest BCUT2D eigenvalue weighted by atomic mass is 79.9. The van der Waals surface area contributed by atoms with Gasteiger partial charge >= 0.3 is 11.9 Å². The van der Waals surface area contributed by atoms with Crippen LogP contribution in [-0.4, -0.2) is 34.3 Å². The van der Waals surface area contributed by atoms with Gasteiger partial charge in [-0.2, -0.15) is 0 Å². The lowest BCUT2D eigenvalue weighted by Gasteiger charge is -2.18. The summed E-state index contributed by atoms with van der Waals surface area (Å²) in [6.45, 7) is 2.82. The Morgan fingerprint density at radius 3 is 2.44 bits per heavy atom. The minimum atomic E-state index is -0.364. The van der Waals surface area contributed by atoms with Crippen LogP contribution < -0.4 is 0 Å². The molecule has 0 radical (unpaired) electrons. The van der Waals surface area contributed by atoms with Crippen LogP contribution in [-0.2, 0) is 19.1 Å². The molecule has 0 heterocycles. The second kappa shape index (κ2) is 5.49. The third-order valence-corrected chi connectivity index (χ3v) is 5.45. The van der Waals surface area contributed by atoms with E-state index >= 15 is 0 Å². The summed E-state index contributed by atoms with van der Waals surface area (Å²) in [5.41, 5.74) is 0. The summed E-state index contributed by atoms with van der Waals surface area (Å²) in [5, 5.41) is 0.780. The highest BCUT2D eigenvalue weighted by Crippen LogP contribution is 2.54. The van der Waals surface area contributed by atoms with Crippen LogP contribution in [0.3, 0.4) is 0 Å². The zero-order valence-corrected chi connectivity index (χ0v) is 12.3. The molecule has 0 aromatic rings. The summed E-state index contributed by atoms with van der Waals surface area (Å²) in [6, 6.07) is 0. The first kappa shape index (κ1) is 14.0. The van der Waals surface area contributed by atoms with Crippen LogP contribution in [0.1, 0.15) is 20.3 Å². The van der Waals surface area contributed by atoms with Gasteiger partial charge in [-0.3, -0.25) is 9.59 Å². The summed E-state index contributed by atoms with van der Waals surface area (Å²) < 4.78 is 10.0. The van der Waals surface area contributed by atoms with Gasteiger partial charge in [0.2, 0.25) is 0 Å². The Kier molecular flexibility index (Phi) is 4.79. The molecular weight excluding hydrogens is 344 g/mol. The van der Waals surface area contributed by atoms with Crippen molar-refractivity contribution in [1.29, 1.82) is 0 Å². The highest BCUT2D eigenvalue weighted by molar-refractivity contribution is 9.12. The van der Waals surface area contributed by atoms with Gasteiger partial charge in [-0.25, -0.2) is 0 Å². The molecule has 3 atom stereocenters. The molecule has 0 amide bonds. The minimum Gasteiger partial charge on any atom is -0.462 e. The van der Waals surface area contributed by atoms with E-state index in [1.54, 1.807) is 0 Å². The van der Waals surface area contributed by atoms with E-state index in [9.17, 15) is 9.59 Å². The Bertz CT molecular complexity index is 295. The van der Waals surface area contributed by atoms with Crippen LogP contribution in [0.5, 0.6) is 0 Å². The van der Waals surface area contributed by atoms with Crippen LogP contribution in [0.4, 0.5) is 0 Å². The van der Waals surface area contributed by atoms with Gasteiger partial charge in [0, 0.05) is 29.4 Å². The third kappa shape index (κ3) is 3.73. The van der Waals surface area contributed by atoms with E-state index in [1.165, 1.54) is 13.8 Å². The van der Waals surface area contributed by atoms with E-state index in [2.05, 4.69) is 31.9 Å². The van der Waals surface area contributed by atoms with Crippen molar-refractivity contribution in [2.75, 3.05) is 11.9 Å². The van der Waals surface area contributed by atoms with Crippen molar-refractivity contribution in [3.8, 4) is 0 Å². The molecule has 92 valence electrons. The lowest BCUT2D eigenvalue weighted by atomic mass is 10.2. The molecule has 0 N–H and O–H groups in total. The molecule has 1 aliphatic carbocycles. The van der Waals surface area contributed by atoms with Crippen molar-refractivity contribution < 1.29 is 19.1 Å². The fourth-order valence-corrected chi connectivity index (χ4v) is 2.86. The summed E-state index contributed by atoms with van der Waals surface area (Å²) in [7, 11) is 0. The molecule has 0 aliphatic heterocycles. The van der Waals surface area contributed by atoms with Crippen molar-refractivity contribution in [2.24, 2.45) is 5.92 Å². The Hall–Kier alpha value is -0.100. The summed E-state index contributed by atoms with van der Waals surface area (Å²) >= 11 is 6.97. The van der Waals surface area contributed by atoms with E-state index in [1.807, 2.05) is 0 Å². The normalized spacial score (nSPS) is 29.4. The quantitative estimate of drug-likeness (QED) is 0.558. The number of carbonyl (C=O) groups excluding carboxylic acids is 2. The maximum atomic E-state index is 10.9. The van der Waals surface area contributed by atoms with Gasteiger partial charge in [0.25, 0.3) is 0 Å². The molecule has 1 saturated carbocycles. The fraction of sp³-hybridized carbons (Fsp3) is 0.800. The molecular formula is C10H14Br2O4. The summed E-state index contributed by atoms with van der Waals surface area (Å²) in [5.74, 6) is -0.527. The zero-order valence-electron chi connectivity index (χ0n) is 9.16. The third-order valence-electron chi connectivity index (χ3n) is 2.50. The van der Waals surface area contributed by atoms with Crippen LogP contribution in [0.25, 0.3) is 0 Å². The van der Waals surface area contributed by atoms with Gasteiger partial charge < -0.3 is 9.47 Å². The Balaban J connectivity index is 2.52. The SMILES string of the molecule is CC(=O)OC[C@H](OC(C)=O)[C@@H]1CC1(Br)CBr. The van der Waals surface area contributed by atoms with Crippen molar-refractivity contribution in [1.82, 2.24) is 0 Å². The van der Waals surface area contributed by atoms with E-state index in [0.29, 0.717) is 0 Å². The number of alkyl halides is 2. The van der Waals surface area contributed by atoms with E-state index in [-0.39, 0.29) is 34.9 Å². The first-order chi connectivity index (χ1) is 7.39. The van der Waals surface area contributed by atoms with Crippen molar-refractivity contribution in [2.45, 2.75) is 30.7 Å². The zero-order chi connectivity index (χ0) is 12.3. The van der Waals surface area contributed by atoms with Crippen LogP contribution in [0.15, 0.2) is 0 Å². The van der Waals surface area contributed by atoms with E-state index in [4.69, 9.17) is 9.47 Å². The molecule has 16 heavy (non-hydrogen) atoms. The molecule has 6 heteroatoms. The molecule has 0 spiro atoms. The summed E-state index contributed by atoms with van der Waals surface area (Å²) in [6.07, 6.45) is 0.538. The van der Waals surface area contributed by atoms with Crippen LogP contribution in [0, 0.1) is 5.92 Å². The number of rotatable bonds is 5. The van der Waals surface area contributed by atoms with Crippen molar-refractivity contribution >= 4 is 43.8 Å². The molecule has 1 fully saturated rings. The molecule has 0 aromatic heterocycles. The predicted octanol–water partition coefficient (Wildman–Crippen LogP) is 2.03. The van der Waals surface area contributed by atoms with Crippen molar-refractivity contribution in [3.05, 3.63) is 0 Å². The molecule has 1 unspecified atom stereocenters. The maximum Gasteiger partial charge on any atom is 0.303 e. The van der Waals surface area contributed by atoms with Gasteiger partial charge in [0.05, 0.1) is 0 Å². The Labute approximate surface area is 111 Å². The maximum absolute atomic E-state index is 10.9. The molecule has 1 aliphatic rings. The lowest BCUT2D eigenvalue weighted by molar-refractivity contribution is -0.157. The predicted molar refractivity (Wildman–Crippen MR) is 65.7 cm³/mol. The average Bonchev–Trinajstić information content (AvgIpc) is 2.85. The highest BCUT2D eigenvalue weighted by Gasteiger charge is 2.56. The first-order valence-electron chi connectivity index (χ1n) is 4.94. The topological polar surface area (TPSA) is 52.6 Å². The number of hydrogen-bond donors (Lipinski definition) is 0. The van der Waals surface area contributed by atoms with Crippen molar-refractivity contribution in [3.63, 3.8) is 0 Å². The largest absolute Gasteiger partial charge is 0.462 e. The van der Waals surface area contributed by atoms with Gasteiger partial charge in [0.15, 0.2) is 0 Å². The summed E-state index contributed by atoms with van der Waals surface area (Å²) in [4.78, 5) is 21.7. The minimum absolute atomic E-state index is 0.0345. The molecule has 4 nitrogen and oxygen atoms in total. The van der Waals surface area contributed by atoms with Gasteiger partial charge in [-0.15, -0.1) is 0 Å². The Morgan fingerprint density at radius 1 is 1.44 bits per heavy atom. The van der Waals surface area contributed by atoms with Gasteiger partial charge in [0.1, 0.15) is 12.7 Å². The van der Waals surface area contributed by atoms with Crippen LogP contribution >= 0.6 is 31.9 Å². The lowest BCUT2D eigenvalue weighted by Crippen LogP contribution is -2.29. The number of hydrogen-bond acceptors (Lipinski definition) is 4. The number of carbonyl (C=O) groups is 2. The average molecular weight is 358 g/mol. The first-order valence-corrected chi connectivity index (χ1v) is 6.86. The second-order valence-electron chi connectivity index (χ2n) is 3.93. The Morgan fingerprint density at radius 2 is 2.06 bits per heavy atom. The van der Waals surface area contributed by atoms with Crippen LogP contribution in [0.2, 0.25) is 0 Å². The van der Waals surface area contributed by atoms with E-state index < -0.39 is 0 Å². The van der Waals surface area contributed by atoms with Gasteiger partial charge in [-0.05, 0) is 6.42 Å². The fourth-order valence-electron chi connectivity index (χ4n) is 1.57. The standard InChI is InChI=1S/C10H14Br2O4/c1-6(13)15-4-9(16-7(2)14)8-3-10(8,12)5-11/h8-9H,3-5H2,1-2H3/t8-,9-,10?/m0/s1. The van der Waals surface area contributed by atoms with E-state index in [0.717, 1.165) is 11.8 Å². The molecule has 0 aromatic carbocycles. The molecule has 0 saturated heterocycles. The molecule has 0 bridgehead atoms.